The van der Waals surface area contributed by atoms with E-state index in [-0.39, 0.29) is 11.3 Å². The number of nitrogens with zero attached hydrogens (tertiary/aromatic N) is 2. The highest BCUT2D eigenvalue weighted by molar-refractivity contribution is 6.02. The Kier molecular flexibility index (Phi) is 2.73. The summed E-state index contributed by atoms with van der Waals surface area (Å²) in [7, 11) is 0. The maximum Gasteiger partial charge on any atom is 0.272 e. The number of anilines is 1. The Morgan fingerprint density at radius 2 is 2.00 bits per heavy atom. The lowest BCUT2D eigenvalue weighted by molar-refractivity contribution is 0.102. The fourth-order valence-electron chi connectivity index (χ4n) is 1.14. The molecule has 0 aromatic carbocycles. The number of aromatic amines is 1. The molecule has 2 aromatic heterocycles. The molecule has 0 bridgehead atoms. The minimum Gasteiger partial charge on any atom is -0.318 e. The Labute approximate surface area is 90.4 Å². The number of carbonyl (C=O) groups excluding carboxylic acids is 1. The summed E-state index contributed by atoms with van der Waals surface area (Å²) in [6.07, 6.45) is 4.29. The van der Waals surface area contributed by atoms with Crippen LogP contribution in [0.4, 0.5) is 5.69 Å². The zero-order valence-corrected chi connectivity index (χ0v) is 8.18. The molecular weight excluding hydrogens is 208 g/mol. The molecule has 0 saturated carbocycles. The monoisotopic (exact) mass is 216 g/mol. The molecule has 2 heterocycles. The highest BCUT2D eigenvalue weighted by Crippen LogP contribution is 2.02. The quantitative estimate of drug-likeness (QED) is 0.761. The maximum atomic E-state index is 11.6. The topological polar surface area (TPSA) is 87.7 Å². The van der Waals surface area contributed by atoms with Crippen LogP contribution in [0.15, 0.2) is 41.7 Å². The Morgan fingerprint density at radius 1 is 1.25 bits per heavy atom. The van der Waals surface area contributed by atoms with Crippen LogP contribution in [0.1, 0.15) is 10.5 Å². The average molecular weight is 216 g/mol. The second-order valence-electron chi connectivity index (χ2n) is 3.01. The predicted molar refractivity (Wildman–Crippen MR) is 57.0 cm³/mol. The first-order chi connectivity index (χ1) is 7.75. The van der Waals surface area contributed by atoms with Gasteiger partial charge in [-0.25, -0.2) is 9.97 Å². The fourth-order valence-corrected chi connectivity index (χ4v) is 1.14. The molecule has 0 aliphatic carbocycles. The Hall–Kier alpha value is -2.50. The van der Waals surface area contributed by atoms with E-state index in [1.165, 1.54) is 36.9 Å². The SMILES string of the molecule is O=C(Nc1cncnc1)c1cccc(=O)[nH]1. The molecule has 0 radical (unpaired) electrons. The van der Waals surface area contributed by atoms with Crippen molar-refractivity contribution in [2.24, 2.45) is 0 Å². The minimum atomic E-state index is -0.410. The van der Waals surface area contributed by atoms with Gasteiger partial charge in [0.25, 0.3) is 5.91 Å². The molecule has 80 valence electrons. The van der Waals surface area contributed by atoms with Crippen molar-refractivity contribution < 1.29 is 4.79 Å². The van der Waals surface area contributed by atoms with Gasteiger partial charge in [0.05, 0.1) is 18.1 Å². The van der Waals surface area contributed by atoms with Crippen LogP contribution < -0.4 is 10.9 Å². The van der Waals surface area contributed by atoms with Crippen molar-refractivity contribution in [3.63, 3.8) is 0 Å². The molecular formula is C10H8N4O2. The lowest BCUT2D eigenvalue weighted by Crippen LogP contribution is -2.17. The van der Waals surface area contributed by atoms with Gasteiger partial charge in [-0.05, 0) is 6.07 Å². The summed E-state index contributed by atoms with van der Waals surface area (Å²) in [5.74, 6) is -0.410. The highest BCUT2D eigenvalue weighted by Gasteiger charge is 2.06. The number of pyridine rings is 1. The van der Waals surface area contributed by atoms with E-state index >= 15 is 0 Å². The van der Waals surface area contributed by atoms with Crippen LogP contribution >= 0.6 is 0 Å². The Bertz CT molecular complexity index is 550. The third-order valence-electron chi connectivity index (χ3n) is 1.83. The molecule has 0 saturated heterocycles. The van der Waals surface area contributed by atoms with Crippen molar-refractivity contribution in [1.29, 1.82) is 0 Å². The summed E-state index contributed by atoms with van der Waals surface area (Å²) in [6.45, 7) is 0. The van der Waals surface area contributed by atoms with Gasteiger partial charge in [-0.3, -0.25) is 9.59 Å². The van der Waals surface area contributed by atoms with Gasteiger partial charge < -0.3 is 10.3 Å². The van der Waals surface area contributed by atoms with Crippen LogP contribution in [-0.4, -0.2) is 20.9 Å². The second-order valence-corrected chi connectivity index (χ2v) is 3.01. The first-order valence-electron chi connectivity index (χ1n) is 4.51. The standard InChI is InChI=1S/C10H8N4O2/c15-9-3-1-2-8(14-9)10(16)13-7-4-11-6-12-5-7/h1-6H,(H,13,16)(H,14,15). The van der Waals surface area contributed by atoms with Crippen molar-refractivity contribution in [2.45, 2.75) is 0 Å². The molecule has 1 amide bonds. The number of hydrogen-bond donors (Lipinski definition) is 2. The highest BCUT2D eigenvalue weighted by atomic mass is 16.2. The average Bonchev–Trinajstić information content (AvgIpc) is 2.30. The third kappa shape index (κ3) is 2.30. The Morgan fingerprint density at radius 3 is 2.69 bits per heavy atom. The lowest BCUT2D eigenvalue weighted by atomic mass is 10.3. The zero-order chi connectivity index (χ0) is 11.4. The fraction of sp³-hybridized carbons (Fsp3) is 0. The van der Waals surface area contributed by atoms with Gasteiger partial charge in [0.2, 0.25) is 5.56 Å². The van der Waals surface area contributed by atoms with E-state index in [0.29, 0.717) is 5.69 Å². The molecule has 2 N–H and O–H groups in total. The number of H-pyrrole nitrogens is 1. The summed E-state index contributed by atoms with van der Waals surface area (Å²) < 4.78 is 0. The normalized spacial score (nSPS) is 9.75. The van der Waals surface area contributed by atoms with E-state index < -0.39 is 5.91 Å². The van der Waals surface area contributed by atoms with Crippen LogP contribution in [0, 0.1) is 0 Å². The van der Waals surface area contributed by atoms with Crippen LogP contribution in [0.25, 0.3) is 0 Å². The smallest absolute Gasteiger partial charge is 0.272 e. The summed E-state index contributed by atoms with van der Waals surface area (Å²) in [6, 6.07) is 4.36. The molecule has 0 unspecified atom stereocenters. The van der Waals surface area contributed by atoms with Gasteiger partial charge in [0, 0.05) is 6.07 Å². The van der Waals surface area contributed by atoms with Gasteiger partial charge in [-0.15, -0.1) is 0 Å². The van der Waals surface area contributed by atoms with Crippen LogP contribution in [-0.2, 0) is 0 Å². The predicted octanol–water partition coefficient (Wildman–Crippen LogP) is 0.417. The van der Waals surface area contributed by atoms with Gasteiger partial charge >= 0.3 is 0 Å². The summed E-state index contributed by atoms with van der Waals surface area (Å²) in [4.78, 5) is 32.5. The number of carbonyl (C=O) groups is 1. The summed E-state index contributed by atoms with van der Waals surface area (Å²) in [5, 5.41) is 2.55. The second kappa shape index (κ2) is 4.35. The van der Waals surface area contributed by atoms with Gasteiger partial charge in [-0.1, -0.05) is 6.07 Å². The molecule has 2 aromatic rings. The molecule has 6 heteroatoms. The van der Waals surface area contributed by atoms with Crippen molar-refractivity contribution >= 4 is 11.6 Å². The first kappa shape index (κ1) is 10.0. The first-order valence-corrected chi connectivity index (χ1v) is 4.51. The number of nitrogens with one attached hydrogen (secondary N) is 2. The molecule has 0 aliphatic heterocycles. The van der Waals surface area contributed by atoms with Crippen molar-refractivity contribution in [3.05, 3.63) is 53.0 Å². The summed E-state index contributed by atoms with van der Waals surface area (Å²) >= 11 is 0. The molecule has 0 fully saturated rings. The molecule has 2 rings (SSSR count). The number of aromatic nitrogens is 3. The van der Waals surface area contributed by atoms with Gasteiger partial charge in [0.1, 0.15) is 12.0 Å². The zero-order valence-electron chi connectivity index (χ0n) is 8.18. The molecule has 16 heavy (non-hydrogen) atoms. The van der Waals surface area contributed by atoms with Crippen molar-refractivity contribution in [1.82, 2.24) is 15.0 Å². The van der Waals surface area contributed by atoms with E-state index in [1.54, 1.807) is 0 Å². The van der Waals surface area contributed by atoms with Crippen LogP contribution in [0.5, 0.6) is 0 Å². The van der Waals surface area contributed by atoms with E-state index in [0.717, 1.165) is 0 Å². The number of hydrogen-bond acceptors (Lipinski definition) is 4. The van der Waals surface area contributed by atoms with E-state index in [4.69, 9.17) is 0 Å². The Balaban J connectivity index is 2.18. The molecule has 0 spiro atoms. The van der Waals surface area contributed by atoms with E-state index in [2.05, 4.69) is 20.3 Å². The molecule has 0 atom stereocenters. The van der Waals surface area contributed by atoms with Crippen LogP contribution in [0.2, 0.25) is 0 Å². The third-order valence-corrected chi connectivity index (χ3v) is 1.83. The van der Waals surface area contributed by atoms with E-state index in [1.807, 2.05) is 0 Å². The largest absolute Gasteiger partial charge is 0.318 e. The van der Waals surface area contributed by atoms with Crippen LogP contribution in [0.3, 0.4) is 0 Å². The maximum absolute atomic E-state index is 11.6. The minimum absolute atomic E-state index is 0.191. The molecule has 6 nitrogen and oxygen atoms in total. The number of rotatable bonds is 2. The van der Waals surface area contributed by atoms with Gasteiger partial charge in [0.15, 0.2) is 0 Å². The van der Waals surface area contributed by atoms with Crippen molar-refractivity contribution in [3.8, 4) is 0 Å². The molecule has 0 aliphatic rings. The van der Waals surface area contributed by atoms with Crippen molar-refractivity contribution in [2.75, 3.05) is 5.32 Å². The summed E-state index contributed by atoms with van der Waals surface area (Å²) in [5.41, 5.74) is 0.338. The lowest BCUT2D eigenvalue weighted by Gasteiger charge is -2.02. The van der Waals surface area contributed by atoms with Gasteiger partial charge in [-0.2, -0.15) is 0 Å². The number of amides is 1. The van der Waals surface area contributed by atoms with E-state index in [9.17, 15) is 9.59 Å².